The molecule has 2 N–H and O–H groups in total. The standard InChI is InChI=1S/C24H22BrCl2N5O4S/c25-17-8-13(26)7-16(23(33)29-10-14-3-2-6-35-14)21(17)30-24(34)19-9-20(36-15-11-37-12-15)31-32(19)22-18(27)4-1-5-28-22/h1,4-5,7-9,14-15H,2-3,6,10-12H2,(H,29,33)(H,30,34). The Morgan fingerprint density at radius 3 is 2.78 bits per heavy atom. The van der Waals surface area contributed by atoms with Gasteiger partial charge in [0.2, 0.25) is 5.88 Å². The molecule has 0 saturated carbocycles. The van der Waals surface area contributed by atoms with Gasteiger partial charge < -0.3 is 20.1 Å². The van der Waals surface area contributed by atoms with Gasteiger partial charge in [0.1, 0.15) is 11.8 Å². The first-order valence-electron chi connectivity index (χ1n) is 11.5. The molecule has 13 heteroatoms. The van der Waals surface area contributed by atoms with Crippen molar-refractivity contribution in [1.82, 2.24) is 20.1 Å². The molecule has 2 fully saturated rings. The van der Waals surface area contributed by atoms with Gasteiger partial charge in [0.15, 0.2) is 5.82 Å². The van der Waals surface area contributed by atoms with E-state index < -0.39 is 5.91 Å². The van der Waals surface area contributed by atoms with E-state index in [9.17, 15) is 9.59 Å². The number of anilines is 1. The highest BCUT2D eigenvalue weighted by atomic mass is 79.9. The smallest absolute Gasteiger partial charge is 0.274 e. The summed E-state index contributed by atoms with van der Waals surface area (Å²) in [5, 5.41) is 10.8. The third kappa shape index (κ3) is 6.06. The Morgan fingerprint density at radius 1 is 1.24 bits per heavy atom. The van der Waals surface area contributed by atoms with Crippen molar-refractivity contribution in [3.05, 3.63) is 62.3 Å². The number of carbonyl (C=O) groups is 2. The Balaban J connectivity index is 1.44. The number of hydrogen-bond donors (Lipinski definition) is 2. The third-order valence-corrected chi connectivity index (χ3v) is 8.16. The Morgan fingerprint density at radius 2 is 2.08 bits per heavy atom. The number of hydrogen-bond acceptors (Lipinski definition) is 7. The van der Waals surface area contributed by atoms with E-state index in [1.165, 1.54) is 16.8 Å². The summed E-state index contributed by atoms with van der Waals surface area (Å²) in [6, 6.07) is 7.98. The Kier molecular flexibility index (Phi) is 8.25. The molecule has 0 spiro atoms. The molecule has 1 atom stereocenters. The van der Waals surface area contributed by atoms with Gasteiger partial charge in [0.05, 0.1) is 22.4 Å². The van der Waals surface area contributed by atoms with Gasteiger partial charge in [0.25, 0.3) is 11.8 Å². The van der Waals surface area contributed by atoms with Crippen LogP contribution in [0.4, 0.5) is 5.69 Å². The van der Waals surface area contributed by atoms with Crippen molar-refractivity contribution >= 4 is 68.4 Å². The van der Waals surface area contributed by atoms with Gasteiger partial charge in [-0.05, 0) is 53.0 Å². The molecule has 2 aromatic heterocycles. The molecular weight excluding hydrogens is 605 g/mol. The van der Waals surface area contributed by atoms with E-state index >= 15 is 0 Å². The zero-order valence-corrected chi connectivity index (χ0v) is 23.3. The fourth-order valence-corrected chi connectivity index (χ4v) is 5.57. The van der Waals surface area contributed by atoms with Gasteiger partial charge in [-0.1, -0.05) is 23.2 Å². The molecule has 2 aliphatic heterocycles. The molecule has 4 heterocycles. The van der Waals surface area contributed by atoms with Gasteiger partial charge in [-0.15, -0.1) is 5.10 Å². The molecule has 5 rings (SSSR count). The topological polar surface area (TPSA) is 107 Å². The van der Waals surface area contributed by atoms with Crippen LogP contribution in [0.2, 0.25) is 10.0 Å². The van der Waals surface area contributed by atoms with Crippen LogP contribution in [0, 0.1) is 0 Å². The van der Waals surface area contributed by atoms with Gasteiger partial charge >= 0.3 is 0 Å². The lowest BCUT2D eigenvalue weighted by molar-refractivity contribution is 0.0858. The Hall–Kier alpha value is -2.31. The quantitative estimate of drug-likeness (QED) is 0.363. The van der Waals surface area contributed by atoms with Crippen molar-refractivity contribution in [2.24, 2.45) is 0 Å². The summed E-state index contributed by atoms with van der Waals surface area (Å²) >= 11 is 17.8. The van der Waals surface area contributed by atoms with Crippen LogP contribution in [0.1, 0.15) is 33.7 Å². The fraction of sp³-hybridized carbons (Fsp3) is 0.333. The molecular formula is C24H22BrCl2N5O4S. The molecule has 1 aromatic carbocycles. The number of halogens is 3. The fourth-order valence-electron chi connectivity index (χ4n) is 3.89. The van der Waals surface area contributed by atoms with Crippen molar-refractivity contribution in [2.45, 2.75) is 25.0 Å². The molecule has 2 saturated heterocycles. The van der Waals surface area contributed by atoms with Crippen LogP contribution in [-0.2, 0) is 4.74 Å². The monoisotopic (exact) mass is 625 g/mol. The van der Waals surface area contributed by atoms with E-state index in [1.54, 1.807) is 36.2 Å². The lowest BCUT2D eigenvalue weighted by Gasteiger charge is -2.24. The maximum absolute atomic E-state index is 13.6. The molecule has 3 aromatic rings. The van der Waals surface area contributed by atoms with Crippen molar-refractivity contribution < 1.29 is 19.1 Å². The first-order valence-corrected chi connectivity index (χ1v) is 14.2. The summed E-state index contributed by atoms with van der Waals surface area (Å²) in [7, 11) is 0. The lowest BCUT2D eigenvalue weighted by Crippen LogP contribution is -2.32. The zero-order valence-electron chi connectivity index (χ0n) is 19.4. The average Bonchev–Trinajstić information content (AvgIpc) is 3.52. The summed E-state index contributed by atoms with van der Waals surface area (Å²) in [4.78, 5) is 30.9. The van der Waals surface area contributed by atoms with Crippen molar-refractivity contribution in [3.8, 4) is 11.7 Å². The summed E-state index contributed by atoms with van der Waals surface area (Å²) in [6.45, 7) is 1.05. The van der Waals surface area contributed by atoms with E-state index in [2.05, 4.69) is 36.6 Å². The van der Waals surface area contributed by atoms with Crippen LogP contribution in [0.3, 0.4) is 0 Å². The highest BCUT2D eigenvalue weighted by Crippen LogP contribution is 2.32. The largest absolute Gasteiger partial charge is 0.472 e. The van der Waals surface area contributed by atoms with Crippen LogP contribution in [0.25, 0.3) is 5.82 Å². The normalized spacial score (nSPS) is 17.3. The van der Waals surface area contributed by atoms with Crippen LogP contribution in [-0.4, -0.2) is 63.4 Å². The molecule has 1 unspecified atom stereocenters. The van der Waals surface area contributed by atoms with Crippen molar-refractivity contribution in [2.75, 3.05) is 30.0 Å². The maximum Gasteiger partial charge on any atom is 0.274 e. The minimum Gasteiger partial charge on any atom is -0.472 e. The number of pyridine rings is 1. The van der Waals surface area contributed by atoms with Gasteiger partial charge in [0, 0.05) is 46.4 Å². The maximum atomic E-state index is 13.6. The third-order valence-electron chi connectivity index (χ3n) is 5.81. The predicted octanol–water partition coefficient (Wildman–Crippen LogP) is 4.99. The van der Waals surface area contributed by atoms with Gasteiger partial charge in [-0.2, -0.15) is 11.8 Å². The SMILES string of the molecule is O=C(NCC1CCCO1)c1cc(Cl)cc(Br)c1NC(=O)c1cc(OC2CSC2)nn1-c1ncccc1Cl. The number of ether oxygens (including phenoxy) is 2. The molecule has 2 amide bonds. The van der Waals surface area contributed by atoms with Crippen LogP contribution in [0.5, 0.6) is 5.88 Å². The second-order valence-electron chi connectivity index (χ2n) is 8.48. The van der Waals surface area contributed by atoms with Crippen LogP contribution >= 0.6 is 50.9 Å². The molecule has 0 aliphatic carbocycles. The number of rotatable bonds is 8. The first-order chi connectivity index (χ1) is 17.9. The summed E-state index contributed by atoms with van der Waals surface area (Å²) in [5.41, 5.74) is 0.600. The number of benzene rings is 1. The molecule has 9 nitrogen and oxygen atoms in total. The van der Waals surface area contributed by atoms with Gasteiger partial charge in [-0.3, -0.25) is 9.59 Å². The first kappa shape index (κ1) is 26.3. The molecule has 0 bridgehead atoms. The molecule has 37 heavy (non-hydrogen) atoms. The van der Waals surface area contributed by atoms with E-state index in [-0.39, 0.29) is 46.8 Å². The van der Waals surface area contributed by atoms with Crippen molar-refractivity contribution in [1.29, 1.82) is 0 Å². The second-order valence-corrected chi connectivity index (χ2v) is 11.2. The van der Waals surface area contributed by atoms with E-state index in [0.29, 0.717) is 27.7 Å². The molecule has 194 valence electrons. The van der Waals surface area contributed by atoms with Crippen LogP contribution < -0.4 is 15.4 Å². The predicted molar refractivity (Wildman–Crippen MR) is 147 cm³/mol. The zero-order chi connectivity index (χ0) is 25.9. The Labute approximate surface area is 235 Å². The Bertz CT molecular complexity index is 1330. The van der Waals surface area contributed by atoms with Gasteiger partial charge in [-0.25, -0.2) is 9.67 Å². The van der Waals surface area contributed by atoms with E-state index in [0.717, 1.165) is 24.3 Å². The number of nitrogens with one attached hydrogen (secondary N) is 2. The summed E-state index contributed by atoms with van der Waals surface area (Å²) in [6.07, 6.45) is 3.39. The lowest BCUT2D eigenvalue weighted by atomic mass is 10.1. The highest BCUT2D eigenvalue weighted by Gasteiger charge is 2.27. The summed E-state index contributed by atoms with van der Waals surface area (Å²) in [5.74, 6) is 1.32. The second kappa shape index (κ2) is 11.6. The minimum atomic E-state index is -0.539. The number of carbonyl (C=O) groups excluding carboxylic acids is 2. The number of amides is 2. The van der Waals surface area contributed by atoms with Crippen LogP contribution in [0.15, 0.2) is 41.0 Å². The summed E-state index contributed by atoms with van der Waals surface area (Å²) < 4.78 is 13.3. The number of aromatic nitrogens is 3. The van der Waals surface area contributed by atoms with Crippen molar-refractivity contribution in [3.63, 3.8) is 0 Å². The minimum absolute atomic E-state index is 0.0213. The highest BCUT2D eigenvalue weighted by molar-refractivity contribution is 9.10. The van der Waals surface area contributed by atoms with E-state index in [1.807, 2.05) is 0 Å². The molecule has 0 radical (unpaired) electrons. The van der Waals surface area contributed by atoms with E-state index in [4.69, 9.17) is 32.7 Å². The number of thioether (sulfide) groups is 1. The molecule has 2 aliphatic rings. The number of nitrogens with zero attached hydrogens (tertiary/aromatic N) is 3. The average molecular weight is 627 g/mol.